The smallest absolute Gasteiger partial charge is 0.278 e. The fourth-order valence-electron chi connectivity index (χ4n) is 4.33. The summed E-state index contributed by atoms with van der Waals surface area (Å²) < 4.78 is 38.0. The molecule has 0 aliphatic heterocycles. The number of aryl methyl sites for hydroxylation is 1. The van der Waals surface area contributed by atoms with Crippen LogP contribution in [0.25, 0.3) is 22.2 Å². The van der Waals surface area contributed by atoms with Gasteiger partial charge in [-0.15, -0.1) is 0 Å². The van der Waals surface area contributed by atoms with Gasteiger partial charge in [0.25, 0.3) is 11.1 Å². The summed E-state index contributed by atoms with van der Waals surface area (Å²) in [5, 5.41) is 8.00. The fraction of sp³-hybridized carbons (Fsp3) is 0.269. The second kappa shape index (κ2) is 9.89. The summed E-state index contributed by atoms with van der Waals surface area (Å²) in [6, 6.07) is 11.6. The van der Waals surface area contributed by atoms with E-state index in [9.17, 15) is 18.2 Å². The third kappa shape index (κ3) is 4.87. The highest BCUT2D eigenvalue weighted by atomic mass is 127. The van der Waals surface area contributed by atoms with Crippen LogP contribution in [-0.4, -0.2) is 31.9 Å². The van der Waals surface area contributed by atoms with Gasteiger partial charge in [0, 0.05) is 28.0 Å². The predicted octanol–water partition coefficient (Wildman–Crippen LogP) is 4.76. The van der Waals surface area contributed by atoms with Gasteiger partial charge in [0.2, 0.25) is 0 Å². The molecule has 2 N–H and O–H groups in total. The van der Waals surface area contributed by atoms with Gasteiger partial charge >= 0.3 is 0 Å². The molecule has 1 unspecified atom stereocenters. The van der Waals surface area contributed by atoms with E-state index in [1.165, 1.54) is 21.6 Å². The molecule has 4 aromatic rings. The summed E-state index contributed by atoms with van der Waals surface area (Å²) in [6.07, 6.45) is 3.12. The van der Waals surface area contributed by atoms with Crippen LogP contribution in [0.1, 0.15) is 24.4 Å². The number of rotatable bonds is 6. The molecule has 9 nitrogen and oxygen atoms in total. The number of nitrogens with one attached hydrogen (secondary N) is 2. The number of halogens is 2. The van der Waals surface area contributed by atoms with Gasteiger partial charge < -0.3 is 9.88 Å². The van der Waals surface area contributed by atoms with Gasteiger partial charge in [-0.3, -0.25) is 9.59 Å². The number of nitrogens with zero attached hydrogens (tertiary/aromatic N) is 4. The Labute approximate surface area is 232 Å². The van der Waals surface area contributed by atoms with Crippen molar-refractivity contribution in [1.82, 2.24) is 19.1 Å². The van der Waals surface area contributed by atoms with E-state index in [0.717, 1.165) is 16.4 Å². The van der Waals surface area contributed by atoms with Crippen LogP contribution >= 0.6 is 22.6 Å². The molecule has 2 aromatic carbocycles. The first kappa shape index (κ1) is 26.5. The number of aromatic nitrogens is 3. The Hall–Kier alpha value is -3.10. The topological polar surface area (TPSA) is 110 Å². The van der Waals surface area contributed by atoms with Crippen LogP contribution < -0.4 is 21.2 Å². The highest BCUT2D eigenvalue weighted by Gasteiger charge is 2.30. The molecule has 2 aromatic heterocycles. The molecule has 0 radical (unpaired) electrons. The van der Waals surface area contributed by atoms with E-state index in [1.54, 1.807) is 57.4 Å². The number of fused-ring (bicyclic) bond motifs is 1. The van der Waals surface area contributed by atoms with E-state index in [-0.39, 0.29) is 39.5 Å². The Bertz CT molecular complexity index is 1860. The Morgan fingerprint density at radius 1 is 1.16 bits per heavy atom. The van der Waals surface area contributed by atoms with Crippen LogP contribution in [0.5, 0.6) is 0 Å². The second-order valence-corrected chi connectivity index (χ2v) is 12.8. The average molecular weight is 649 g/mol. The lowest BCUT2D eigenvalue weighted by atomic mass is 10.0. The molecule has 1 saturated carbocycles. The Balaban J connectivity index is 1.85. The van der Waals surface area contributed by atoms with Gasteiger partial charge in [-0.2, -0.15) is 9.46 Å². The molecule has 5 rings (SSSR count). The minimum Gasteiger partial charge on any atom is -0.352 e. The molecule has 1 aliphatic carbocycles. The van der Waals surface area contributed by atoms with Gasteiger partial charge in [0.15, 0.2) is 0 Å². The third-order valence-corrected chi connectivity index (χ3v) is 8.53. The normalized spacial score (nSPS) is 14.9. The van der Waals surface area contributed by atoms with Crippen LogP contribution in [0.15, 0.2) is 56.4 Å². The van der Waals surface area contributed by atoms with Crippen LogP contribution in [0, 0.1) is 16.3 Å². The molecule has 0 amide bonds. The largest absolute Gasteiger partial charge is 0.352 e. The molecule has 0 bridgehead atoms. The molecule has 1 fully saturated rings. The van der Waals surface area contributed by atoms with Crippen molar-refractivity contribution in [3.8, 4) is 11.3 Å². The highest BCUT2D eigenvalue weighted by molar-refractivity contribution is 14.1. The Kier molecular flexibility index (Phi) is 6.90. The van der Waals surface area contributed by atoms with Crippen LogP contribution in [0.3, 0.4) is 0 Å². The zero-order chi connectivity index (χ0) is 27.4. The molecule has 198 valence electrons. The first-order chi connectivity index (χ1) is 18.0. The zero-order valence-corrected chi connectivity index (χ0v) is 24.2. The maximum atomic E-state index is 14.8. The molecule has 12 heteroatoms. The van der Waals surface area contributed by atoms with Crippen molar-refractivity contribution in [1.29, 1.82) is 0 Å². The van der Waals surface area contributed by atoms with Crippen molar-refractivity contribution in [3.05, 3.63) is 78.1 Å². The number of anilines is 2. The number of pyridine rings is 1. The van der Waals surface area contributed by atoms with Crippen molar-refractivity contribution in [3.63, 3.8) is 0 Å². The van der Waals surface area contributed by atoms with Crippen molar-refractivity contribution in [2.75, 3.05) is 18.6 Å². The van der Waals surface area contributed by atoms with Crippen LogP contribution in [0.2, 0.25) is 0 Å². The maximum absolute atomic E-state index is 14.8. The summed E-state index contributed by atoms with van der Waals surface area (Å²) in [5.74, 6) is -0.496. The Morgan fingerprint density at radius 3 is 2.55 bits per heavy atom. The van der Waals surface area contributed by atoms with E-state index in [1.807, 2.05) is 22.6 Å². The van der Waals surface area contributed by atoms with E-state index < -0.39 is 15.7 Å². The molecule has 38 heavy (non-hydrogen) atoms. The van der Waals surface area contributed by atoms with Crippen LogP contribution in [-0.2, 0) is 17.0 Å². The first-order valence-electron chi connectivity index (χ1n) is 11.9. The van der Waals surface area contributed by atoms with Crippen LogP contribution in [0.4, 0.5) is 21.5 Å². The molecule has 0 saturated heterocycles. The number of hydrogen-bond acceptors (Lipinski definition) is 6. The minimum atomic E-state index is -2.65. The molecule has 1 aliphatic rings. The summed E-state index contributed by atoms with van der Waals surface area (Å²) in [4.78, 5) is 27.2. The Morgan fingerprint density at radius 2 is 1.89 bits per heavy atom. The summed E-state index contributed by atoms with van der Waals surface area (Å²) >= 11 is 2.02. The summed E-state index contributed by atoms with van der Waals surface area (Å²) in [6.45, 7) is 1.62. The SMILES string of the molecule is CNS(C)(=O)=Nc1cccc(-c2nn(C3CC3)c(=O)c3c(Nc4ccc(I)cc4F)c(C)c(=O)n(C)c23)c1. The lowest BCUT2D eigenvalue weighted by Gasteiger charge is -2.19. The van der Waals surface area contributed by atoms with Gasteiger partial charge in [-0.1, -0.05) is 12.1 Å². The lowest BCUT2D eigenvalue weighted by Crippen LogP contribution is -2.29. The van der Waals surface area contributed by atoms with Crippen molar-refractivity contribution in [2.24, 2.45) is 11.4 Å². The van der Waals surface area contributed by atoms with Gasteiger partial charge in [-0.25, -0.2) is 18.0 Å². The van der Waals surface area contributed by atoms with Gasteiger partial charge in [0.05, 0.1) is 34.0 Å². The zero-order valence-electron chi connectivity index (χ0n) is 21.2. The molecule has 0 spiro atoms. The lowest BCUT2D eigenvalue weighted by molar-refractivity contribution is 0.607. The standard InChI is InChI=1S/C26H26FIN6O3S/c1-14-22(30-20-11-8-16(28)13-19(20)27)21-24(33(3)25(14)35)23(31-34(26(21)36)18-9-10-18)15-6-5-7-17(12-15)32-38(4,37)29-2/h5-8,11-13,18,30H,9-10H2,1-4H3,(H,29,32,37). The monoisotopic (exact) mass is 648 g/mol. The summed E-state index contributed by atoms with van der Waals surface area (Å²) in [7, 11) is 0.506. The number of benzene rings is 2. The molecular formula is C26H26FIN6O3S. The second-order valence-electron chi connectivity index (χ2n) is 9.31. The van der Waals surface area contributed by atoms with E-state index in [4.69, 9.17) is 5.10 Å². The fourth-order valence-corrected chi connectivity index (χ4v) is 5.39. The molecule has 2 heterocycles. The van der Waals surface area contributed by atoms with Crippen molar-refractivity contribution >= 4 is 60.5 Å². The van der Waals surface area contributed by atoms with E-state index in [2.05, 4.69) is 14.4 Å². The van der Waals surface area contributed by atoms with Gasteiger partial charge in [0.1, 0.15) is 21.4 Å². The first-order valence-corrected chi connectivity index (χ1v) is 14.9. The predicted molar refractivity (Wildman–Crippen MR) is 157 cm³/mol. The van der Waals surface area contributed by atoms with Gasteiger partial charge in [-0.05, 0) is 79.7 Å². The van der Waals surface area contributed by atoms with E-state index >= 15 is 0 Å². The third-order valence-electron chi connectivity index (χ3n) is 6.54. The molecule has 1 atom stereocenters. The van der Waals surface area contributed by atoms with Crippen molar-refractivity contribution < 1.29 is 8.60 Å². The minimum absolute atomic E-state index is 0.0578. The summed E-state index contributed by atoms with van der Waals surface area (Å²) in [5.41, 5.74) is 1.78. The van der Waals surface area contributed by atoms with E-state index in [0.29, 0.717) is 22.5 Å². The highest BCUT2D eigenvalue weighted by Crippen LogP contribution is 2.37. The number of hydrogen-bond donors (Lipinski definition) is 2. The quantitative estimate of drug-likeness (QED) is 0.293. The van der Waals surface area contributed by atoms with Crippen molar-refractivity contribution in [2.45, 2.75) is 25.8 Å². The average Bonchev–Trinajstić information content (AvgIpc) is 3.72. The maximum Gasteiger partial charge on any atom is 0.278 e. The molecular weight excluding hydrogens is 622 g/mol.